The van der Waals surface area contributed by atoms with E-state index in [0.717, 1.165) is 18.4 Å². The molecule has 3 rings (SSSR count). The number of aromatic amines is 1. The van der Waals surface area contributed by atoms with Gasteiger partial charge in [-0.3, -0.25) is 0 Å². The molecule has 6 heteroatoms. The van der Waals surface area contributed by atoms with E-state index in [9.17, 15) is 9.90 Å². The minimum Gasteiger partial charge on any atom is -0.478 e. The van der Waals surface area contributed by atoms with Gasteiger partial charge >= 0.3 is 5.97 Å². The van der Waals surface area contributed by atoms with Crippen molar-refractivity contribution < 1.29 is 9.90 Å². The first-order valence-corrected chi connectivity index (χ1v) is 6.57. The molecule has 0 spiro atoms. The minimum atomic E-state index is -0.977. The number of anilines is 1. The van der Waals surface area contributed by atoms with Crippen LogP contribution in [0.1, 0.15) is 28.9 Å². The number of H-pyrrole nitrogens is 1. The molecule has 2 heterocycles. The molecule has 6 nitrogen and oxygen atoms in total. The quantitative estimate of drug-likeness (QED) is 0.802. The summed E-state index contributed by atoms with van der Waals surface area (Å²) in [7, 11) is 0. The number of nitrogens with zero attached hydrogens (tertiary/aromatic N) is 2. The molecule has 0 atom stereocenters. The van der Waals surface area contributed by atoms with Crippen molar-refractivity contribution in [1.29, 1.82) is 0 Å². The molecule has 0 radical (unpaired) electrons. The molecule has 0 saturated heterocycles. The number of nitrogens with one attached hydrogen (secondary N) is 1. The Morgan fingerprint density at radius 1 is 1.38 bits per heavy atom. The van der Waals surface area contributed by atoms with Gasteiger partial charge < -0.3 is 15.8 Å². The van der Waals surface area contributed by atoms with Crippen LogP contribution in [0.2, 0.25) is 0 Å². The third-order valence-corrected chi connectivity index (χ3v) is 3.28. The van der Waals surface area contributed by atoms with Crippen LogP contribution in [0.15, 0.2) is 36.6 Å². The van der Waals surface area contributed by atoms with Crippen LogP contribution >= 0.6 is 0 Å². The lowest BCUT2D eigenvalue weighted by Gasteiger charge is -2.06. The van der Waals surface area contributed by atoms with E-state index in [1.807, 2.05) is 18.2 Å². The van der Waals surface area contributed by atoms with Crippen molar-refractivity contribution in [2.45, 2.75) is 12.8 Å². The summed E-state index contributed by atoms with van der Waals surface area (Å²) < 4.78 is 0. The van der Waals surface area contributed by atoms with Crippen LogP contribution in [-0.4, -0.2) is 26.0 Å². The van der Waals surface area contributed by atoms with Gasteiger partial charge in [-0.05, 0) is 30.5 Å². The first-order chi connectivity index (χ1) is 10.1. The van der Waals surface area contributed by atoms with Crippen LogP contribution in [0.5, 0.6) is 0 Å². The lowest BCUT2D eigenvalue weighted by molar-refractivity contribution is 0.0697. The summed E-state index contributed by atoms with van der Waals surface area (Å²) in [5.74, 6) is -0.827. The van der Waals surface area contributed by atoms with Crippen LogP contribution in [0, 0.1) is 0 Å². The largest absolute Gasteiger partial charge is 0.478 e. The zero-order chi connectivity index (χ0) is 14.8. The van der Waals surface area contributed by atoms with Gasteiger partial charge in [0.1, 0.15) is 0 Å². The third-order valence-electron chi connectivity index (χ3n) is 3.28. The number of aromatic nitrogens is 3. The van der Waals surface area contributed by atoms with E-state index < -0.39 is 5.97 Å². The van der Waals surface area contributed by atoms with E-state index in [0.29, 0.717) is 17.1 Å². The molecule has 2 aromatic rings. The molecule has 1 aliphatic carbocycles. The van der Waals surface area contributed by atoms with Crippen molar-refractivity contribution in [3.63, 3.8) is 0 Å². The van der Waals surface area contributed by atoms with Gasteiger partial charge in [0.2, 0.25) is 5.95 Å². The van der Waals surface area contributed by atoms with Crippen LogP contribution in [-0.2, 0) is 0 Å². The van der Waals surface area contributed by atoms with E-state index in [-0.39, 0.29) is 11.5 Å². The summed E-state index contributed by atoms with van der Waals surface area (Å²) in [4.78, 5) is 22.5. The molecule has 21 heavy (non-hydrogen) atoms. The van der Waals surface area contributed by atoms with Gasteiger partial charge in [-0.15, -0.1) is 0 Å². The molecule has 4 N–H and O–H groups in total. The highest BCUT2D eigenvalue weighted by molar-refractivity contribution is 5.96. The number of hydrogen-bond acceptors (Lipinski definition) is 4. The summed E-state index contributed by atoms with van der Waals surface area (Å²) >= 11 is 0. The lowest BCUT2D eigenvalue weighted by atomic mass is 10.0. The average Bonchev–Trinajstić information content (AvgIpc) is 2.93. The van der Waals surface area contributed by atoms with Crippen molar-refractivity contribution >= 4 is 17.5 Å². The predicted molar refractivity (Wildman–Crippen MR) is 79.5 cm³/mol. The van der Waals surface area contributed by atoms with Gasteiger partial charge in [0.25, 0.3) is 0 Å². The standard InChI is InChI=1S/C15H14N4O2/c16-15-17-7-6-11(19-15)12-8-10(14(20)21)13(18-12)9-4-2-1-3-5-9/h2,4-8,18H,1,3H2,(H,20,21)(H2,16,17,19). The first kappa shape index (κ1) is 13.1. The number of rotatable bonds is 3. The molecule has 0 aromatic carbocycles. The lowest BCUT2D eigenvalue weighted by Crippen LogP contribution is -1.99. The molecule has 0 fully saturated rings. The van der Waals surface area contributed by atoms with E-state index in [2.05, 4.69) is 15.0 Å². The van der Waals surface area contributed by atoms with Gasteiger partial charge in [-0.2, -0.15) is 0 Å². The van der Waals surface area contributed by atoms with Gasteiger partial charge in [-0.1, -0.05) is 18.2 Å². The second-order valence-corrected chi connectivity index (χ2v) is 4.72. The van der Waals surface area contributed by atoms with Crippen molar-refractivity contribution in [3.05, 3.63) is 47.8 Å². The normalized spacial score (nSPS) is 14.0. The molecule has 1 aliphatic rings. The number of carboxylic acids is 1. The topological polar surface area (TPSA) is 105 Å². The molecule has 0 amide bonds. The van der Waals surface area contributed by atoms with Crippen LogP contribution < -0.4 is 5.73 Å². The first-order valence-electron chi connectivity index (χ1n) is 6.57. The molecular formula is C15H14N4O2. The SMILES string of the molecule is Nc1nccc(-c2cc(C(=O)O)c(C3=CCCC=C3)[nH]2)n1. The maximum atomic E-state index is 11.4. The van der Waals surface area contributed by atoms with Gasteiger partial charge in [0.05, 0.1) is 22.6 Å². The molecule has 2 aromatic heterocycles. The number of carboxylic acid groups (broad SMARTS) is 1. The van der Waals surface area contributed by atoms with E-state index in [1.165, 1.54) is 0 Å². The highest BCUT2D eigenvalue weighted by atomic mass is 16.4. The van der Waals surface area contributed by atoms with E-state index >= 15 is 0 Å². The molecule has 0 bridgehead atoms. The van der Waals surface area contributed by atoms with E-state index in [1.54, 1.807) is 18.3 Å². The molecular weight excluding hydrogens is 268 g/mol. The van der Waals surface area contributed by atoms with E-state index in [4.69, 9.17) is 5.73 Å². The Labute approximate surface area is 121 Å². The monoisotopic (exact) mass is 282 g/mol. The Hall–Kier alpha value is -2.89. The summed E-state index contributed by atoms with van der Waals surface area (Å²) in [6.07, 6.45) is 9.40. The zero-order valence-electron chi connectivity index (χ0n) is 11.2. The fourth-order valence-electron chi connectivity index (χ4n) is 2.31. The maximum absolute atomic E-state index is 11.4. The Balaban J connectivity index is 2.10. The molecule has 0 unspecified atom stereocenters. The molecule has 0 aliphatic heterocycles. The Bertz CT molecular complexity index is 759. The van der Waals surface area contributed by atoms with Gasteiger partial charge in [0, 0.05) is 6.20 Å². The zero-order valence-corrected chi connectivity index (χ0v) is 11.2. The Morgan fingerprint density at radius 2 is 2.24 bits per heavy atom. The van der Waals surface area contributed by atoms with Gasteiger partial charge in [-0.25, -0.2) is 14.8 Å². The van der Waals surface area contributed by atoms with Crippen LogP contribution in [0.25, 0.3) is 17.0 Å². The fourth-order valence-corrected chi connectivity index (χ4v) is 2.31. The van der Waals surface area contributed by atoms with Gasteiger partial charge in [0.15, 0.2) is 0 Å². The number of hydrogen-bond donors (Lipinski definition) is 3. The predicted octanol–water partition coefficient (Wildman–Crippen LogP) is 2.49. The van der Waals surface area contributed by atoms with Crippen LogP contribution in [0.4, 0.5) is 5.95 Å². The number of aromatic carboxylic acids is 1. The minimum absolute atomic E-state index is 0.150. The second-order valence-electron chi connectivity index (χ2n) is 4.72. The number of allylic oxidation sites excluding steroid dienone is 4. The Kier molecular flexibility index (Phi) is 3.27. The van der Waals surface area contributed by atoms with Crippen molar-refractivity contribution in [3.8, 4) is 11.4 Å². The smallest absolute Gasteiger partial charge is 0.337 e. The maximum Gasteiger partial charge on any atom is 0.337 e. The summed E-state index contributed by atoms with van der Waals surface area (Å²) in [6.45, 7) is 0. The fraction of sp³-hybridized carbons (Fsp3) is 0.133. The average molecular weight is 282 g/mol. The molecule has 0 saturated carbocycles. The number of carbonyl (C=O) groups is 1. The number of nitrogen functional groups attached to an aromatic ring is 1. The number of nitrogens with two attached hydrogens (primary N) is 1. The third kappa shape index (κ3) is 2.55. The molecule has 106 valence electrons. The van der Waals surface area contributed by atoms with Crippen molar-refractivity contribution in [2.75, 3.05) is 5.73 Å². The summed E-state index contributed by atoms with van der Waals surface area (Å²) in [5.41, 5.74) is 8.43. The van der Waals surface area contributed by atoms with Crippen LogP contribution in [0.3, 0.4) is 0 Å². The summed E-state index contributed by atoms with van der Waals surface area (Å²) in [5, 5.41) is 9.38. The van der Waals surface area contributed by atoms with Crippen molar-refractivity contribution in [1.82, 2.24) is 15.0 Å². The highest BCUT2D eigenvalue weighted by Crippen LogP contribution is 2.28. The second kappa shape index (κ2) is 5.24. The summed E-state index contributed by atoms with van der Waals surface area (Å²) in [6, 6.07) is 3.26. The van der Waals surface area contributed by atoms with Crippen molar-refractivity contribution in [2.24, 2.45) is 0 Å². The Morgan fingerprint density at radius 3 is 2.90 bits per heavy atom. The highest BCUT2D eigenvalue weighted by Gasteiger charge is 2.18.